The smallest absolute Gasteiger partial charge is 0.261 e. The summed E-state index contributed by atoms with van der Waals surface area (Å²) in [4.78, 5) is 48.8. The lowest BCUT2D eigenvalue weighted by molar-refractivity contribution is -0.121. The summed E-state index contributed by atoms with van der Waals surface area (Å²) in [7, 11) is 0. The molecule has 0 saturated heterocycles. The van der Waals surface area contributed by atoms with Crippen molar-refractivity contribution in [1.29, 1.82) is 0 Å². The highest BCUT2D eigenvalue weighted by atomic mass is 16.2. The second-order valence-corrected chi connectivity index (χ2v) is 4.67. The zero-order valence-electron chi connectivity index (χ0n) is 11.1. The molecule has 2 aliphatic rings. The van der Waals surface area contributed by atoms with E-state index in [0.29, 0.717) is 16.9 Å². The molecule has 2 heterocycles. The van der Waals surface area contributed by atoms with E-state index < -0.39 is 17.7 Å². The van der Waals surface area contributed by atoms with E-state index in [0.717, 1.165) is 9.80 Å². The third kappa shape index (κ3) is 1.97. The highest BCUT2D eigenvalue weighted by Gasteiger charge is 2.30. The van der Waals surface area contributed by atoms with Crippen LogP contribution in [-0.2, 0) is 19.2 Å². The van der Waals surface area contributed by atoms with Gasteiger partial charge in [-0.25, -0.2) is 9.80 Å². The molecule has 6 heteroatoms. The van der Waals surface area contributed by atoms with Gasteiger partial charge < -0.3 is 0 Å². The van der Waals surface area contributed by atoms with Crippen molar-refractivity contribution in [3.05, 3.63) is 48.1 Å². The standard InChI is InChI=1S/C15H10N2O4/c1-9-8-14(20)17(15(9)21)11-4-2-10(3-5-11)16-12(18)6-7-13(16)19/h2-8H,1H3. The summed E-state index contributed by atoms with van der Waals surface area (Å²) in [5.41, 5.74) is 1.16. The predicted molar refractivity (Wildman–Crippen MR) is 74.3 cm³/mol. The molecule has 4 amide bonds. The highest BCUT2D eigenvalue weighted by Crippen LogP contribution is 2.26. The number of anilines is 2. The van der Waals surface area contributed by atoms with Crippen LogP contribution in [-0.4, -0.2) is 23.6 Å². The van der Waals surface area contributed by atoms with Crippen molar-refractivity contribution in [2.45, 2.75) is 6.92 Å². The van der Waals surface area contributed by atoms with Gasteiger partial charge in [0, 0.05) is 23.8 Å². The van der Waals surface area contributed by atoms with E-state index in [-0.39, 0.29) is 5.91 Å². The number of amides is 4. The monoisotopic (exact) mass is 282 g/mol. The van der Waals surface area contributed by atoms with Gasteiger partial charge in [0.25, 0.3) is 23.6 Å². The summed E-state index contributed by atoms with van der Waals surface area (Å²) in [5, 5.41) is 0. The van der Waals surface area contributed by atoms with E-state index in [9.17, 15) is 19.2 Å². The number of nitrogens with zero attached hydrogens (tertiary/aromatic N) is 2. The van der Waals surface area contributed by atoms with E-state index in [1.165, 1.54) is 42.5 Å². The normalized spacial score (nSPS) is 18.0. The maximum Gasteiger partial charge on any atom is 0.261 e. The van der Waals surface area contributed by atoms with Crippen molar-refractivity contribution < 1.29 is 19.2 Å². The molecule has 2 aliphatic heterocycles. The Balaban J connectivity index is 1.89. The van der Waals surface area contributed by atoms with E-state index in [2.05, 4.69) is 0 Å². The minimum atomic E-state index is -0.418. The first-order chi connectivity index (χ1) is 9.99. The van der Waals surface area contributed by atoms with Gasteiger partial charge in [-0.15, -0.1) is 0 Å². The lowest BCUT2D eigenvalue weighted by Crippen LogP contribution is -2.31. The molecule has 1 aromatic rings. The largest absolute Gasteiger partial charge is 0.269 e. The Morgan fingerprint density at radius 2 is 1.19 bits per heavy atom. The van der Waals surface area contributed by atoms with Crippen LogP contribution < -0.4 is 9.80 Å². The second kappa shape index (κ2) is 4.52. The SMILES string of the molecule is CC1=CC(=O)N(c2ccc(N3C(=O)C=CC3=O)cc2)C1=O. The van der Waals surface area contributed by atoms with Crippen molar-refractivity contribution >= 4 is 35.0 Å². The molecular weight excluding hydrogens is 272 g/mol. The molecule has 0 unspecified atom stereocenters. The van der Waals surface area contributed by atoms with Crippen LogP contribution in [0.1, 0.15) is 6.92 Å². The van der Waals surface area contributed by atoms with Gasteiger partial charge in [0.2, 0.25) is 0 Å². The fourth-order valence-electron chi connectivity index (χ4n) is 2.24. The molecule has 0 aromatic heterocycles. The number of hydrogen-bond donors (Lipinski definition) is 0. The number of hydrogen-bond acceptors (Lipinski definition) is 4. The molecule has 21 heavy (non-hydrogen) atoms. The first-order valence-corrected chi connectivity index (χ1v) is 6.22. The molecule has 0 N–H and O–H groups in total. The third-order valence-corrected chi connectivity index (χ3v) is 3.28. The average molecular weight is 282 g/mol. The number of carbonyl (C=O) groups is 4. The maximum atomic E-state index is 11.9. The van der Waals surface area contributed by atoms with Crippen LogP contribution >= 0.6 is 0 Å². The fraction of sp³-hybridized carbons (Fsp3) is 0.0667. The zero-order valence-corrected chi connectivity index (χ0v) is 11.1. The summed E-state index contributed by atoms with van der Waals surface area (Å²) in [5.74, 6) is -1.61. The third-order valence-electron chi connectivity index (χ3n) is 3.28. The summed E-state index contributed by atoms with van der Waals surface area (Å²) < 4.78 is 0. The van der Waals surface area contributed by atoms with Crippen molar-refractivity contribution in [2.24, 2.45) is 0 Å². The molecule has 0 atom stereocenters. The minimum Gasteiger partial charge on any atom is -0.269 e. The van der Waals surface area contributed by atoms with Crippen LogP contribution in [0.3, 0.4) is 0 Å². The van der Waals surface area contributed by atoms with Gasteiger partial charge in [-0.3, -0.25) is 19.2 Å². The Bertz CT molecular complexity index is 725. The van der Waals surface area contributed by atoms with Crippen LogP contribution in [0, 0.1) is 0 Å². The summed E-state index contributed by atoms with van der Waals surface area (Å²) in [6, 6.07) is 6.09. The Morgan fingerprint density at radius 1 is 0.714 bits per heavy atom. The number of benzene rings is 1. The Kier molecular flexibility index (Phi) is 2.79. The van der Waals surface area contributed by atoms with Crippen LogP contribution in [0.15, 0.2) is 48.1 Å². The first-order valence-electron chi connectivity index (χ1n) is 6.22. The lowest BCUT2D eigenvalue weighted by Gasteiger charge is -2.17. The van der Waals surface area contributed by atoms with E-state index in [1.807, 2.05) is 0 Å². The van der Waals surface area contributed by atoms with Crippen LogP contribution in [0.2, 0.25) is 0 Å². The number of carbonyl (C=O) groups excluding carboxylic acids is 4. The van der Waals surface area contributed by atoms with Crippen LogP contribution in [0.4, 0.5) is 11.4 Å². The van der Waals surface area contributed by atoms with E-state index >= 15 is 0 Å². The molecule has 0 bridgehead atoms. The van der Waals surface area contributed by atoms with Gasteiger partial charge in [-0.2, -0.15) is 0 Å². The van der Waals surface area contributed by atoms with Crippen molar-refractivity contribution in [1.82, 2.24) is 0 Å². The van der Waals surface area contributed by atoms with Crippen molar-refractivity contribution in [2.75, 3.05) is 9.80 Å². The van der Waals surface area contributed by atoms with E-state index in [1.54, 1.807) is 6.92 Å². The average Bonchev–Trinajstić information content (AvgIpc) is 2.91. The van der Waals surface area contributed by atoms with E-state index in [4.69, 9.17) is 0 Å². The highest BCUT2D eigenvalue weighted by molar-refractivity contribution is 6.30. The van der Waals surface area contributed by atoms with Crippen molar-refractivity contribution in [3.8, 4) is 0 Å². The van der Waals surface area contributed by atoms with Gasteiger partial charge in [0.1, 0.15) is 0 Å². The molecular formula is C15H10N2O4. The van der Waals surface area contributed by atoms with Gasteiger partial charge >= 0.3 is 0 Å². The number of rotatable bonds is 2. The van der Waals surface area contributed by atoms with Crippen LogP contribution in [0.25, 0.3) is 0 Å². The fourth-order valence-corrected chi connectivity index (χ4v) is 2.24. The van der Waals surface area contributed by atoms with Gasteiger partial charge in [-0.1, -0.05) is 0 Å². The topological polar surface area (TPSA) is 74.8 Å². The van der Waals surface area contributed by atoms with Gasteiger partial charge in [-0.05, 0) is 31.2 Å². The lowest BCUT2D eigenvalue weighted by atomic mass is 10.2. The predicted octanol–water partition coefficient (Wildman–Crippen LogP) is 0.935. The molecule has 0 saturated carbocycles. The Labute approximate surface area is 119 Å². The molecule has 3 rings (SSSR count). The molecule has 0 radical (unpaired) electrons. The summed E-state index contributed by atoms with van der Waals surface area (Å²) in [6.07, 6.45) is 3.65. The Hall–Kier alpha value is -3.02. The van der Waals surface area contributed by atoms with Crippen LogP contribution in [0.5, 0.6) is 0 Å². The number of imide groups is 2. The van der Waals surface area contributed by atoms with Crippen molar-refractivity contribution in [3.63, 3.8) is 0 Å². The maximum absolute atomic E-state index is 11.9. The Morgan fingerprint density at radius 3 is 1.62 bits per heavy atom. The summed E-state index contributed by atoms with van der Waals surface area (Å²) >= 11 is 0. The van der Waals surface area contributed by atoms with Gasteiger partial charge in [0.05, 0.1) is 11.4 Å². The molecule has 1 aromatic carbocycles. The summed E-state index contributed by atoms with van der Waals surface area (Å²) in [6.45, 7) is 1.57. The molecule has 104 valence electrons. The zero-order chi connectivity index (χ0) is 15.1. The second-order valence-electron chi connectivity index (χ2n) is 4.67. The molecule has 0 spiro atoms. The van der Waals surface area contributed by atoms with Gasteiger partial charge in [0.15, 0.2) is 0 Å². The quantitative estimate of drug-likeness (QED) is 0.756. The molecule has 6 nitrogen and oxygen atoms in total. The molecule has 0 fully saturated rings. The first kappa shape index (κ1) is 13.0. The minimum absolute atomic E-state index is 0.372. The molecule has 0 aliphatic carbocycles.